The van der Waals surface area contributed by atoms with Crippen molar-refractivity contribution in [1.29, 1.82) is 0 Å². The van der Waals surface area contributed by atoms with E-state index in [0.717, 1.165) is 29.7 Å². The molecule has 1 unspecified atom stereocenters. The molecule has 2 aliphatic heterocycles. The maximum absolute atomic E-state index is 13.4. The van der Waals surface area contributed by atoms with Crippen molar-refractivity contribution in [2.75, 3.05) is 38.7 Å². The van der Waals surface area contributed by atoms with Crippen molar-refractivity contribution in [1.82, 2.24) is 4.90 Å². The lowest BCUT2D eigenvalue weighted by Gasteiger charge is -2.38. The number of halogens is 1. The predicted octanol–water partition coefficient (Wildman–Crippen LogP) is 3.54. The van der Waals surface area contributed by atoms with E-state index < -0.39 is 5.72 Å². The van der Waals surface area contributed by atoms with Gasteiger partial charge in [-0.15, -0.1) is 0 Å². The number of piperidine rings is 1. The summed E-state index contributed by atoms with van der Waals surface area (Å²) in [6, 6.07) is 11.7. The van der Waals surface area contributed by atoms with Crippen LogP contribution in [0.15, 0.2) is 53.2 Å². The largest absolute Gasteiger partial charge is 0.495 e. The van der Waals surface area contributed by atoms with Gasteiger partial charge in [0.1, 0.15) is 18.2 Å². The maximum atomic E-state index is 13.4. The second-order valence-electron chi connectivity index (χ2n) is 7.49. The van der Waals surface area contributed by atoms with Crippen LogP contribution in [0, 0.1) is 5.82 Å². The average molecular weight is 444 g/mol. The number of anilines is 1. The number of oxime groups is 1. The zero-order chi connectivity index (χ0) is 21.8. The van der Waals surface area contributed by atoms with Crippen molar-refractivity contribution in [3.05, 3.63) is 65.0 Å². The van der Waals surface area contributed by atoms with Gasteiger partial charge in [0, 0.05) is 18.7 Å². The molecule has 0 spiro atoms. The first-order chi connectivity index (χ1) is 15.1. The minimum Gasteiger partial charge on any atom is -0.495 e. The Labute approximate surface area is 187 Å². The number of fused-ring (bicyclic) bond motifs is 1. The lowest BCUT2D eigenvalue weighted by molar-refractivity contribution is -0.137. The van der Waals surface area contributed by atoms with Crippen molar-refractivity contribution in [2.24, 2.45) is 5.16 Å². The molecule has 1 atom stereocenters. The molecule has 2 aromatic carbocycles. The fourth-order valence-electron chi connectivity index (χ4n) is 4.04. The van der Waals surface area contributed by atoms with Crippen LogP contribution in [0.3, 0.4) is 0 Å². The van der Waals surface area contributed by atoms with Crippen LogP contribution in [0.4, 0.5) is 10.1 Å². The minimum absolute atomic E-state index is 0. The molecule has 2 aliphatic rings. The fraction of sp³-hybridized carbons (Fsp3) is 0.375. The predicted molar refractivity (Wildman–Crippen MR) is 123 cm³/mol. The standard InChI is InChI=1S/C23H26FN3O4.CH4/c1-30-21-14-16(4-9-20(21)25-10-12-28)13-17-3-2-11-27-22(17)26-31-23(27,15-29)18-5-7-19(24)8-6-18;/h4-9,13-14,25,28-29H,2-3,10-12,15H2,1H3;1H4/b17-13+;. The van der Waals surface area contributed by atoms with Crippen LogP contribution in [-0.4, -0.2) is 54.4 Å². The third kappa shape index (κ3) is 4.28. The second kappa shape index (κ2) is 10.0. The Morgan fingerprint density at radius 1 is 1.25 bits per heavy atom. The average Bonchev–Trinajstić information content (AvgIpc) is 3.19. The summed E-state index contributed by atoms with van der Waals surface area (Å²) in [5.74, 6) is 1.00. The second-order valence-corrected chi connectivity index (χ2v) is 7.49. The van der Waals surface area contributed by atoms with E-state index in [4.69, 9.17) is 14.7 Å². The van der Waals surface area contributed by atoms with Crippen LogP contribution in [0.1, 0.15) is 31.4 Å². The van der Waals surface area contributed by atoms with Crippen molar-refractivity contribution in [3.63, 3.8) is 0 Å². The Kier molecular flexibility index (Phi) is 7.37. The molecular weight excluding hydrogens is 413 g/mol. The Morgan fingerprint density at radius 2 is 2.03 bits per heavy atom. The minimum atomic E-state index is -1.15. The number of ether oxygens (including phenoxy) is 1. The van der Waals surface area contributed by atoms with Crippen LogP contribution in [0.2, 0.25) is 0 Å². The number of aliphatic hydroxyl groups excluding tert-OH is 2. The number of aliphatic hydroxyl groups is 2. The highest BCUT2D eigenvalue weighted by atomic mass is 19.1. The van der Waals surface area contributed by atoms with Crippen molar-refractivity contribution < 1.29 is 24.2 Å². The van der Waals surface area contributed by atoms with Gasteiger partial charge in [-0.2, -0.15) is 0 Å². The number of benzene rings is 2. The topological polar surface area (TPSA) is 86.6 Å². The normalized spacial score (nSPS) is 20.8. The summed E-state index contributed by atoms with van der Waals surface area (Å²) in [4.78, 5) is 7.73. The molecule has 1 fully saturated rings. The van der Waals surface area contributed by atoms with Crippen LogP contribution in [0.5, 0.6) is 5.75 Å². The van der Waals surface area contributed by atoms with Gasteiger partial charge in [0.25, 0.3) is 5.72 Å². The fourth-order valence-corrected chi connectivity index (χ4v) is 4.04. The molecule has 32 heavy (non-hydrogen) atoms. The van der Waals surface area contributed by atoms with E-state index in [2.05, 4.69) is 10.5 Å². The lowest BCUT2D eigenvalue weighted by atomic mass is 9.95. The summed E-state index contributed by atoms with van der Waals surface area (Å²) in [7, 11) is 1.60. The van der Waals surface area contributed by atoms with Gasteiger partial charge in [0.2, 0.25) is 0 Å². The van der Waals surface area contributed by atoms with Gasteiger partial charge in [-0.05, 0) is 66.5 Å². The highest BCUT2D eigenvalue weighted by Crippen LogP contribution is 2.40. The van der Waals surface area contributed by atoms with Crippen molar-refractivity contribution in [2.45, 2.75) is 26.0 Å². The summed E-state index contributed by atoms with van der Waals surface area (Å²) in [5.41, 5.74) is 2.23. The van der Waals surface area contributed by atoms with Gasteiger partial charge in [-0.1, -0.05) is 18.6 Å². The first-order valence-corrected chi connectivity index (χ1v) is 10.3. The van der Waals surface area contributed by atoms with Gasteiger partial charge in [0.05, 0.1) is 19.4 Å². The molecule has 2 heterocycles. The van der Waals surface area contributed by atoms with E-state index in [1.165, 1.54) is 12.1 Å². The Balaban J connectivity index is 0.00000289. The van der Waals surface area contributed by atoms with Gasteiger partial charge >= 0.3 is 0 Å². The highest BCUT2D eigenvalue weighted by molar-refractivity contribution is 6.03. The van der Waals surface area contributed by atoms with Crippen LogP contribution in [-0.2, 0) is 10.6 Å². The summed E-state index contributed by atoms with van der Waals surface area (Å²) < 4.78 is 18.9. The van der Waals surface area contributed by atoms with Crippen molar-refractivity contribution >= 4 is 17.6 Å². The SMILES string of the molecule is C.COc1cc(/C=C2\CCCN3C2=NOC3(CO)c2ccc(F)cc2)ccc1NCCO. The van der Waals surface area contributed by atoms with Gasteiger partial charge in [0.15, 0.2) is 5.84 Å². The zero-order valence-corrected chi connectivity index (χ0v) is 17.3. The Hall–Kier alpha value is -3.10. The molecule has 0 amide bonds. The number of methoxy groups -OCH3 is 1. The van der Waals surface area contributed by atoms with Crippen LogP contribution in [0.25, 0.3) is 6.08 Å². The molecule has 0 radical (unpaired) electrons. The molecule has 172 valence electrons. The quantitative estimate of drug-likeness (QED) is 0.607. The Bertz CT molecular complexity index is 993. The zero-order valence-electron chi connectivity index (χ0n) is 17.3. The number of rotatable bonds is 7. The third-order valence-corrected chi connectivity index (χ3v) is 5.59. The molecule has 4 rings (SSSR count). The molecule has 7 nitrogen and oxygen atoms in total. The smallest absolute Gasteiger partial charge is 0.260 e. The number of amidine groups is 1. The first-order valence-electron chi connectivity index (χ1n) is 10.3. The summed E-state index contributed by atoms with van der Waals surface area (Å²) in [6.45, 7) is 0.831. The molecule has 0 bridgehead atoms. The summed E-state index contributed by atoms with van der Waals surface area (Å²) >= 11 is 0. The van der Waals surface area contributed by atoms with Crippen LogP contribution < -0.4 is 10.1 Å². The molecular formula is C24H30FN3O4. The number of hydrogen-bond acceptors (Lipinski definition) is 7. The van der Waals surface area contributed by atoms with Gasteiger partial charge < -0.3 is 30.0 Å². The van der Waals surface area contributed by atoms with Crippen molar-refractivity contribution in [3.8, 4) is 5.75 Å². The lowest BCUT2D eigenvalue weighted by Crippen LogP contribution is -2.51. The molecule has 2 aromatic rings. The molecule has 0 saturated carbocycles. The van der Waals surface area contributed by atoms with E-state index in [1.807, 2.05) is 29.2 Å². The van der Waals surface area contributed by atoms with E-state index in [-0.39, 0.29) is 26.5 Å². The summed E-state index contributed by atoms with van der Waals surface area (Å²) in [5, 5.41) is 26.7. The van der Waals surface area contributed by atoms with Gasteiger partial charge in [-0.25, -0.2) is 4.39 Å². The maximum Gasteiger partial charge on any atom is 0.260 e. The Morgan fingerprint density at radius 3 is 2.72 bits per heavy atom. The highest BCUT2D eigenvalue weighted by Gasteiger charge is 2.49. The van der Waals surface area contributed by atoms with E-state index in [1.54, 1.807) is 19.2 Å². The number of nitrogens with one attached hydrogen (secondary N) is 1. The number of nitrogens with zero attached hydrogens (tertiary/aromatic N) is 2. The molecule has 0 aliphatic carbocycles. The monoisotopic (exact) mass is 443 g/mol. The molecule has 1 saturated heterocycles. The van der Waals surface area contributed by atoms with E-state index in [0.29, 0.717) is 30.2 Å². The first kappa shape index (κ1) is 23.6. The molecule has 8 heteroatoms. The summed E-state index contributed by atoms with van der Waals surface area (Å²) in [6.07, 6.45) is 3.71. The number of hydrogen-bond donors (Lipinski definition) is 3. The van der Waals surface area contributed by atoms with E-state index in [9.17, 15) is 9.50 Å². The molecule has 0 aromatic heterocycles. The molecule has 3 N–H and O–H groups in total. The third-order valence-electron chi connectivity index (χ3n) is 5.59. The van der Waals surface area contributed by atoms with Crippen LogP contribution >= 0.6 is 0 Å². The van der Waals surface area contributed by atoms with E-state index >= 15 is 0 Å². The van der Waals surface area contributed by atoms with Gasteiger partial charge in [-0.3, -0.25) is 0 Å².